The first-order valence-electron chi connectivity index (χ1n) is 10.4. The van der Waals surface area contributed by atoms with E-state index in [1.165, 1.54) is 5.56 Å². The number of nitrogens with zero attached hydrogens (tertiary/aromatic N) is 2. The van der Waals surface area contributed by atoms with Gasteiger partial charge in [0, 0.05) is 24.6 Å². The van der Waals surface area contributed by atoms with Crippen molar-refractivity contribution in [1.29, 1.82) is 0 Å². The number of hydrogen-bond acceptors (Lipinski definition) is 4. The summed E-state index contributed by atoms with van der Waals surface area (Å²) in [5.41, 5.74) is 3.04. The second-order valence-electron chi connectivity index (χ2n) is 7.52. The highest BCUT2D eigenvalue weighted by molar-refractivity contribution is 5.91. The van der Waals surface area contributed by atoms with E-state index in [9.17, 15) is 4.79 Å². The lowest BCUT2D eigenvalue weighted by Crippen LogP contribution is -2.20. The normalized spacial score (nSPS) is 10.6. The molecule has 162 valence electrons. The Morgan fingerprint density at radius 2 is 1.50 bits per heavy atom. The first-order chi connectivity index (χ1) is 15.5. The molecule has 6 nitrogen and oxygen atoms in total. The predicted molar refractivity (Wildman–Crippen MR) is 124 cm³/mol. The third-order valence-corrected chi connectivity index (χ3v) is 4.96. The number of aryl methyl sites for hydroxylation is 2. The maximum Gasteiger partial charge on any atom is 0.262 e. The minimum absolute atomic E-state index is 0.0752. The van der Waals surface area contributed by atoms with E-state index in [-0.39, 0.29) is 12.5 Å². The van der Waals surface area contributed by atoms with Crippen LogP contribution in [-0.2, 0) is 11.3 Å². The number of ether oxygens (including phenoxy) is 2. The van der Waals surface area contributed by atoms with Crippen molar-refractivity contribution in [3.8, 4) is 17.2 Å². The molecule has 4 aromatic rings. The Morgan fingerprint density at radius 1 is 0.875 bits per heavy atom. The predicted octanol–water partition coefficient (Wildman–Crippen LogP) is 5.36. The van der Waals surface area contributed by atoms with Crippen molar-refractivity contribution < 1.29 is 14.3 Å². The summed E-state index contributed by atoms with van der Waals surface area (Å²) in [7, 11) is 0. The molecule has 1 heterocycles. The van der Waals surface area contributed by atoms with Gasteiger partial charge in [0.2, 0.25) is 0 Å². The fraction of sp³-hybridized carbons (Fsp3) is 0.154. The topological polar surface area (TPSA) is 65.4 Å². The number of aromatic nitrogens is 2. The molecule has 0 aliphatic carbocycles. The molecule has 0 radical (unpaired) electrons. The Balaban J connectivity index is 1.24. The van der Waals surface area contributed by atoms with Crippen LogP contribution in [0.4, 0.5) is 5.69 Å². The largest absolute Gasteiger partial charge is 0.484 e. The van der Waals surface area contributed by atoms with Gasteiger partial charge < -0.3 is 19.4 Å². The fourth-order valence-electron chi connectivity index (χ4n) is 3.15. The van der Waals surface area contributed by atoms with Crippen LogP contribution in [0.25, 0.3) is 0 Å². The van der Waals surface area contributed by atoms with Gasteiger partial charge in [0.15, 0.2) is 6.61 Å². The Hall–Kier alpha value is -4.06. The van der Waals surface area contributed by atoms with Crippen LogP contribution in [0.2, 0.25) is 0 Å². The maximum atomic E-state index is 12.2. The van der Waals surface area contributed by atoms with Gasteiger partial charge in [0.05, 0.1) is 0 Å². The van der Waals surface area contributed by atoms with E-state index in [1.807, 2.05) is 80.7 Å². The summed E-state index contributed by atoms with van der Waals surface area (Å²) < 4.78 is 13.5. The molecule has 0 aliphatic heterocycles. The standard InChI is InChI=1S/C26H25N3O3/c1-19-3-9-24(10-4-19)32-25-13-11-23(12-14-25)31-18-26(30)28-22-7-5-21(6-8-22)17-29-16-15-27-20(29)2/h3-16H,17-18H2,1-2H3,(H,28,30). The quantitative estimate of drug-likeness (QED) is 0.411. The number of carbonyl (C=O) groups excluding carboxylic acids is 1. The molecule has 0 aliphatic rings. The van der Waals surface area contributed by atoms with Crippen molar-refractivity contribution in [2.75, 3.05) is 11.9 Å². The Bertz CT molecular complexity index is 1160. The SMILES string of the molecule is Cc1ccc(Oc2ccc(OCC(=O)Nc3ccc(Cn4ccnc4C)cc3)cc2)cc1. The van der Waals surface area contributed by atoms with E-state index in [0.717, 1.165) is 29.4 Å². The van der Waals surface area contributed by atoms with E-state index in [1.54, 1.807) is 18.3 Å². The number of nitrogens with one attached hydrogen (secondary N) is 1. The highest BCUT2D eigenvalue weighted by atomic mass is 16.5. The molecule has 32 heavy (non-hydrogen) atoms. The summed E-state index contributed by atoms with van der Waals surface area (Å²) >= 11 is 0. The lowest BCUT2D eigenvalue weighted by Gasteiger charge is -2.10. The molecule has 1 N–H and O–H groups in total. The van der Waals surface area contributed by atoms with Gasteiger partial charge in [-0.3, -0.25) is 4.79 Å². The van der Waals surface area contributed by atoms with E-state index >= 15 is 0 Å². The molecular formula is C26H25N3O3. The number of amides is 1. The van der Waals surface area contributed by atoms with Crippen molar-refractivity contribution in [1.82, 2.24) is 9.55 Å². The molecule has 0 bridgehead atoms. The zero-order chi connectivity index (χ0) is 22.3. The van der Waals surface area contributed by atoms with Gasteiger partial charge in [-0.15, -0.1) is 0 Å². The van der Waals surface area contributed by atoms with Crippen LogP contribution in [0, 0.1) is 13.8 Å². The summed E-state index contributed by atoms with van der Waals surface area (Å²) in [6.07, 6.45) is 3.73. The Morgan fingerprint density at radius 3 is 2.12 bits per heavy atom. The molecule has 0 spiro atoms. The zero-order valence-electron chi connectivity index (χ0n) is 18.1. The number of imidazole rings is 1. The van der Waals surface area contributed by atoms with Crippen LogP contribution < -0.4 is 14.8 Å². The third kappa shape index (κ3) is 5.76. The van der Waals surface area contributed by atoms with Crippen LogP contribution in [0.3, 0.4) is 0 Å². The van der Waals surface area contributed by atoms with Gasteiger partial charge in [-0.2, -0.15) is 0 Å². The average Bonchev–Trinajstić information content (AvgIpc) is 3.20. The second-order valence-corrected chi connectivity index (χ2v) is 7.52. The summed E-state index contributed by atoms with van der Waals surface area (Å²) in [5.74, 6) is 2.83. The van der Waals surface area contributed by atoms with Crippen molar-refractivity contribution in [2.24, 2.45) is 0 Å². The van der Waals surface area contributed by atoms with Crippen molar-refractivity contribution >= 4 is 11.6 Å². The molecule has 6 heteroatoms. The van der Waals surface area contributed by atoms with Crippen molar-refractivity contribution in [3.63, 3.8) is 0 Å². The Labute approximate surface area is 187 Å². The monoisotopic (exact) mass is 427 g/mol. The third-order valence-electron chi connectivity index (χ3n) is 4.96. The summed E-state index contributed by atoms with van der Waals surface area (Å²) in [6, 6.07) is 22.8. The van der Waals surface area contributed by atoms with Crippen LogP contribution in [-0.4, -0.2) is 22.1 Å². The molecular weight excluding hydrogens is 402 g/mol. The van der Waals surface area contributed by atoms with E-state index < -0.39 is 0 Å². The highest BCUT2D eigenvalue weighted by Crippen LogP contribution is 2.24. The van der Waals surface area contributed by atoms with Gasteiger partial charge in [-0.25, -0.2) is 4.98 Å². The lowest BCUT2D eigenvalue weighted by molar-refractivity contribution is -0.118. The summed E-state index contributed by atoms with van der Waals surface area (Å²) in [6.45, 7) is 4.67. The van der Waals surface area contributed by atoms with Crippen molar-refractivity contribution in [3.05, 3.63) is 102 Å². The molecule has 1 amide bonds. The fourth-order valence-corrected chi connectivity index (χ4v) is 3.15. The molecule has 4 rings (SSSR count). The number of rotatable bonds is 8. The van der Waals surface area contributed by atoms with Crippen LogP contribution in [0.15, 0.2) is 85.2 Å². The van der Waals surface area contributed by atoms with Gasteiger partial charge in [0.1, 0.15) is 23.1 Å². The lowest BCUT2D eigenvalue weighted by atomic mass is 10.2. The summed E-state index contributed by atoms with van der Waals surface area (Å²) in [5, 5.41) is 2.85. The minimum Gasteiger partial charge on any atom is -0.484 e. The number of hydrogen-bond donors (Lipinski definition) is 1. The first kappa shape index (κ1) is 21.2. The number of benzene rings is 3. The van der Waals surface area contributed by atoms with Gasteiger partial charge >= 0.3 is 0 Å². The van der Waals surface area contributed by atoms with Crippen LogP contribution >= 0.6 is 0 Å². The molecule has 0 unspecified atom stereocenters. The molecule has 0 fully saturated rings. The summed E-state index contributed by atoms with van der Waals surface area (Å²) in [4.78, 5) is 16.5. The Kier molecular flexibility index (Phi) is 6.51. The van der Waals surface area contributed by atoms with Crippen LogP contribution in [0.1, 0.15) is 17.0 Å². The minimum atomic E-state index is -0.219. The van der Waals surface area contributed by atoms with Crippen molar-refractivity contribution in [2.45, 2.75) is 20.4 Å². The maximum absolute atomic E-state index is 12.2. The van der Waals surface area contributed by atoms with E-state index in [2.05, 4.69) is 14.9 Å². The van der Waals surface area contributed by atoms with Crippen LogP contribution in [0.5, 0.6) is 17.2 Å². The average molecular weight is 428 g/mol. The van der Waals surface area contributed by atoms with Gasteiger partial charge in [0.25, 0.3) is 5.91 Å². The number of anilines is 1. The molecule has 0 saturated heterocycles. The molecule has 0 saturated carbocycles. The van der Waals surface area contributed by atoms with E-state index in [4.69, 9.17) is 9.47 Å². The van der Waals surface area contributed by atoms with Gasteiger partial charge in [-0.05, 0) is 67.9 Å². The second kappa shape index (κ2) is 9.83. The smallest absolute Gasteiger partial charge is 0.262 e. The molecule has 1 aromatic heterocycles. The first-order valence-corrected chi connectivity index (χ1v) is 10.4. The van der Waals surface area contributed by atoms with E-state index in [0.29, 0.717) is 11.5 Å². The zero-order valence-corrected chi connectivity index (χ0v) is 18.1. The number of carbonyl (C=O) groups is 1. The van der Waals surface area contributed by atoms with Gasteiger partial charge in [-0.1, -0.05) is 29.8 Å². The molecule has 0 atom stereocenters. The molecule has 3 aromatic carbocycles. The highest BCUT2D eigenvalue weighted by Gasteiger charge is 2.06.